The van der Waals surface area contributed by atoms with Gasteiger partial charge in [0, 0.05) is 47.0 Å². The number of hydrogen-bond donors (Lipinski definition) is 0. The minimum absolute atomic E-state index is 0.0780. The third kappa shape index (κ3) is 4.22. The summed E-state index contributed by atoms with van der Waals surface area (Å²) >= 11 is 6.36. The Kier molecular flexibility index (Phi) is 5.29. The van der Waals surface area contributed by atoms with Crippen LogP contribution < -0.4 is 0 Å². The topological polar surface area (TPSA) is 40.6 Å². The van der Waals surface area contributed by atoms with Gasteiger partial charge in [-0.05, 0) is 22.0 Å². The summed E-state index contributed by atoms with van der Waals surface area (Å²) in [4.78, 5) is 28.0. The summed E-state index contributed by atoms with van der Waals surface area (Å²) in [6, 6.07) is 2.02. The van der Waals surface area contributed by atoms with E-state index in [2.05, 4.69) is 15.9 Å². The van der Waals surface area contributed by atoms with Crippen LogP contribution in [0.5, 0.6) is 0 Å². The Morgan fingerprint density at radius 3 is 2.95 bits per heavy atom. The number of thiophene rings is 1. The van der Waals surface area contributed by atoms with Crippen molar-refractivity contribution in [2.24, 2.45) is 0 Å². The summed E-state index contributed by atoms with van der Waals surface area (Å²) in [5.41, 5.74) is 0. The van der Waals surface area contributed by atoms with Crippen molar-refractivity contribution < 1.29 is 9.59 Å². The second-order valence-electron chi connectivity index (χ2n) is 4.33. The number of halogens is 1. The molecule has 2 rings (SSSR count). The molecule has 0 aromatic carbocycles. The Morgan fingerprint density at radius 1 is 1.58 bits per heavy atom. The van der Waals surface area contributed by atoms with Crippen molar-refractivity contribution in [2.75, 3.05) is 25.9 Å². The van der Waals surface area contributed by atoms with Gasteiger partial charge >= 0.3 is 0 Å². The average molecular weight is 363 g/mol. The minimum atomic E-state index is 0.0780. The summed E-state index contributed by atoms with van der Waals surface area (Å²) in [6.45, 7) is 1.92. The van der Waals surface area contributed by atoms with Crippen LogP contribution >= 0.6 is 39.0 Å². The van der Waals surface area contributed by atoms with E-state index < -0.39 is 0 Å². The van der Waals surface area contributed by atoms with E-state index in [1.165, 1.54) is 11.8 Å². The maximum atomic E-state index is 12.0. The average Bonchev–Trinajstić information content (AvgIpc) is 2.95. The summed E-state index contributed by atoms with van der Waals surface area (Å²) in [6.07, 6.45) is 0.398. The van der Waals surface area contributed by atoms with Crippen LogP contribution in [0.25, 0.3) is 0 Å². The lowest BCUT2D eigenvalue weighted by Crippen LogP contribution is -2.31. The third-order valence-electron chi connectivity index (χ3n) is 2.88. The molecular formula is C12H15BrN2O2S2. The number of nitrogens with zero attached hydrogens (tertiary/aromatic N) is 2. The van der Waals surface area contributed by atoms with Crippen molar-refractivity contribution in [1.82, 2.24) is 9.80 Å². The first-order chi connectivity index (χ1) is 9.06. The Morgan fingerprint density at radius 2 is 2.37 bits per heavy atom. The lowest BCUT2D eigenvalue weighted by Gasteiger charge is -2.19. The van der Waals surface area contributed by atoms with E-state index in [4.69, 9.17) is 0 Å². The van der Waals surface area contributed by atoms with E-state index in [0.717, 1.165) is 21.6 Å². The Hall–Kier alpha value is -0.530. The summed E-state index contributed by atoms with van der Waals surface area (Å²) in [5.74, 6) is 0.917. The third-order valence-corrected chi connectivity index (χ3v) is 5.46. The highest BCUT2D eigenvalue weighted by molar-refractivity contribution is 9.10. The zero-order chi connectivity index (χ0) is 13.8. The first-order valence-electron chi connectivity index (χ1n) is 5.95. The zero-order valence-electron chi connectivity index (χ0n) is 10.6. The van der Waals surface area contributed by atoms with Crippen LogP contribution in [0.2, 0.25) is 0 Å². The highest BCUT2D eigenvalue weighted by atomic mass is 79.9. The van der Waals surface area contributed by atoms with Crippen molar-refractivity contribution in [1.29, 1.82) is 0 Å². The molecule has 104 valence electrons. The van der Waals surface area contributed by atoms with E-state index >= 15 is 0 Å². The molecular weight excluding hydrogens is 348 g/mol. The summed E-state index contributed by atoms with van der Waals surface area (Å²) in [7, 11) is 1.80. The molecule has 1 saturated heterocycles. The highest BCUT2D eigenvalue weighted by Crippen LogP contribution is 2.21. The number of carbonyl (C=O) groups excluding carboxylic acids is 2. The number of hydrogen-bond acceptors (Lipinski definition) is 4. The number of thioether (sulfide) groups is 1. The Balaban J connectivity index is 1.77. The predicted octanol–water partition coefficient (Wildman–Crippen LogP) is 3.03. The molecule has 0 radical (unpaired) electrons. The van der Waals surface area contributed by atoms with Crippen molar-refractivity contribution in [3.63, 3.8) is 0 Å². The standard InChI is InChI=1S/C12H15BrN2O2S2/c1-14(7-10-6-9(13)8-19-10)11(16)2-3-15-4-5-18-12(15)17/h6,8H,2-5,7H2,1H3. The van der Waals surface area contributed by atoms with Crippen LogP contribution in [0.3, 0.4) is 0 Å². The van der Waals surface area contributed by atoms with E-state index in [-0.39, 0.29) is 11.1 Å². The van der Waals surface area contributed by atoms with Crippen molar-refractivity contribution in [3.8, 4) is 0 Å². The van der Waals surface area contributed by atoms with Gasteiger partial charge in [0.25, 0.3) is 5.24 Å². The molecule has 1 aliphatic rings. The quantitative estimate of drug-likeness (QED) is 0.808. The van der Waals surface area contributed by atoms with Crippen LogP contribution in [0.4, 0.5) is 4.79 Å². The SMILES string of the molecule is CN(Cc1cc(Br)cs1)C(=O)CCN1CCSC1=O. The molecule has 0 spiro atoms. The molecule has 0 aliphatic carbocycles. The van der Waals surface area contributed by atoms with Crippen LogP contribution in [0.1, 0.15) is 11.3 Å². The lowest BCUT2D eigenvalue weighted by atomic mass is 10.3. The maximum Gasteiger partial charge on any atom is 0.281 e. The molecule has 0 unspecified atom stereocenters. The van der Waals surface area contributed by atoms with Gasteiger partial charge < -0.3 is 9.80 Å². The van der Waals surface area contributed by atoms with Crippen LogP contribution in [0, 0.1) is 0 Å². The monoisotopic (exact) mass is 362 g/mol. The molecule has 1 aromatic heterocycles. The first kappa shape index (κ1) is 14.9. The number of amides is 2. The normalized spacial score (nSPS) is 15.1. The van der Waals surface area contributed by atoms with Gasteiger partial charge in [-0.2, -0.15) is 0 Å². The molecule has 1 fully saturated rings. The van der Waals surface area contributed by atoms with Gasteiger partial charge in [-0.3, -0.25) is 9.59 Å². The highest BCUT2D eigenvalue weighted by Gasteiger charge is 2.22. The molecule has 0 saturated carbocycles. The molecule has 4 nitrogen and oxygen atoms in total. The molecule has 0 N–H and O–H groups in total. The first-order valence-corrected chi connectivity index (χ1v) is 8.60. The molecule has 1 aliphatic heterocycles. The maximum absolute atomic E-state index is 12.0. The molecule has 2 heterocycles. The van der Waals surface area contributed by atoms with Crippen LogP contribution in [-0.2, 0) is 11.3 Å². The van der Waals surface area contributed by atoms with Gasteiger partial charge in [0.1, 0.15) is 0 Å². The van der Waals surface area contributed by atoms with Gasteiger partial charge in [-0.1, -0.05) is 11.8 Å². The van der Waals surface area contributed by atoms with Gasteiger partial charge in [0.15, 0.2) is 0 Å². The van der Waals surface area contributed by atoms with E-state index in [1.54, 1.807) is 28.2 Å². The smallest absolute Gasteiger partial charge is 0.281 e. The zero-order valence-corrected chi connectivity index (χ0v) is 13.8. The summed E-state index contributed by atoms with van der Waals surface area (Å²) in [5, 5.41) is 2.10. The van der Waals surface area contributed by atoms with Gasteiger partial charge in [-0.25, -0.2) is 0 Å². The number of carbonyl (C=O) groups is 2. The van der Waals surface area contributed by atoms with Crippen molar-refractivity contribution in [2.45, 2.75) is 13.0 Å². The molecule has 0 bridgehead atoms. The van der Waals surface area contributed by atoms with Crippen LogP contribution in [0.15, 0.2) is 15.9 Å². The second kappa shape index (κ2) is 6.76. The van der Waals surface area contributed by atoms with E-state index in [9.17, 15) is 9.59 Å². The molecule has 0 atom stereocenters. The fourth-order valence-electron chi connectivity index (χ4n) is 1.81. The van der Waals surface area contributed by atoms with E-state index in [1.807, 2.05) is 11.4 Å². The van der Waals surface area contributed by atoms with E-state index in [0.29, 0.717) is 19.5 Å². The van der Waals surface area contributed by atoms with Crippen LogP contribution in [-0.4, -0.2) is 46.8 Å². The fourth-order valence-corrected chi connectivity index (χ4v) is 4.16. The Labute approximate surface area is 129 Å². The molecule has 1 aromatic rings. The van der Waals surface area contributed by atoms with Gasteiger partial charge in [-0.15, -0.1) is 11.3 Å². The second-order valence-corrected chi connectivity index (χ2v) is 7.29. The largest absolute Gasteiger partial charge is 0.341 e. The molecule has 19 heavy (non-hydrogen) atoms. The summed E-state index contributed by atoms with van der Waals surface area (Å²) < 4.78 is 1.05. The lowest BCUT2D eigenvalue weighted by molar-refractivity contribution is -0.130. The van der Waals surface area contributed by atoms with Crippen molar-refractivity contribution in [3.05, 3.63) is 20.8 Å². The fraction of sp³-hybridized carbons (Fsp3) is 0.500. The number of rotatable bonds is 5. The predicted molar refractivity (Wildman–Crippen MR) is 82.5 cm³/mol. The minimum Gasteiger partial charge on any atom is -0.341 e. The molecule has 2 amide bonds. The van der Waals surface area contributed by atoms with Gasteiger partial charge in [0.05, 0.1) is 6.54 Å². The Bertz CT molecular complexity index is 478. The van der Waals surface area contributed by atoms with Crippen molar-refractivity contribution >= 4 is 50.2 Å². The molecule has 7 heteroatoms. The van der Waals surface area contributed by atoms with Gasteiger partial charge in [0.2, 0.25) is 5.91 Å².